The van der Waals surface area contributed by atoms with Gasteiger partial charge in [-0.05, 0) is 55.7 Å². The summed E-state index contributed by atoms with van der Waals surface area (Å²) < 4.78 is 0. The zero-order chi connectivity index (χ0) is 12.8. The van der Waals surface area contributed by atoms with Gasteiger partial charge in [-0.15, -0.1) is 11.3 Å². The van der Waals surface area contributed by atoms with Crippen molar-refractivity contribution in [1.82, 2.24) is 5.32 Å². The van der Waals surface area contributed by atoms with Gasteiger partial charge < -0.3 is 11.1 Å². The Bertz CT molecular complexity index is 389. The third kappa shape index (κ3) is 3.56. The molecule has 1 heterocycles. The summed E-state index contributed by atoms with van der Waals surface area (Å²) in [5.41, 5.74) is 6.79. The summed E-state index contributed by atoms with van der Waals surface area (Å²) in [7, 11) is 0. The van der Waals surface area contributed by atoms with Crippen molar-refractivity contribution >= 4 is 17.2 Å². The van der Waals surface area contributed by atoms with Crippen molar-refractivity contribution in [1.29, 1.82) is 0 Å². The van der Waals surface area contributed by atoms with Gasteiger partial charge in [-0.1, -0.05) is 6.42 Å². The number of hydrogen-bond acceptors (Lipinski definition) is 3. The third-order valence-corrected chi connectivity index (χ3v) is 4.49. The van der Waals surface area contributed by atoms with Crippen molar-refractivity contribution < 1.29 is 4.79 Å². The fourth-order valence-electron chi connectivity index (χ4n) is 2.51. The number of amides is 1. The summed E-state index contributed by atoms with van der Waals surface area (Å²) in [5.74, 6) is 0.191. The molecule has 1 aromatic rings. The maximum atomic E-state index is 11.9. The van der Waals surface area contributed by atoms with E-state index in [0.29, 0.717) is 6.42 Å². The lowest BCUT2D eigenvalue weighted by molar-refractivity contribution is -0.122. The molecule has 0 aromatic carbocycles. The Labute approximate surface area is 113 Å². The maximum absolute atomic E-state index is 11.9. The molecule has 2 rings (SSSR count). The molecular formula is C14H22N2OS. The van der Waals surface area contributed by atoms with E-state index in [1.807, 2.05) is 11.3 Å². The molecule has 1 aromatic heterocycles. The molecular weight excluding hydrogens is 244 g/mol. The van der Waals surface area contributed by atoms with Crippen LogP contribution >= 0.6 is 11.3 Å². The predicted octanol–water partition coefficient (Wildman–Crippen LogP) is 2.76. The molecule has 0 radical (unpaired) electrons. The number of hydrogen-bond donors (Lipinski definition) is 2. The van der Waals surface area contributed by atoms with Gasteiger partial charge >= 0.3 is 0 Å². The van der Waals surface area contributed by atoms with Crippen molar-refractivity contribution in [2.45, 2.75) is 51.0 Å². The monoisotopic (exact) mass is 266 g/mol. The van der Waals surface area contributed by atoms with Crippen molar-refractivity contribution in [3.05, 3.63) is 21.9 Å². The second-order valence-corrected chi connectivity index (χ2v) is 5.91. The summed E-state index contributed by atoms with van der Waals surface area (Å²) in [6, 6.07) is 2.42. The summed E-state index contributed by atoms with van der Waals surface area (Å²) in [6.07, 6.45) is 7.10. The number of fused-ring (bicyclic) bond motifs is 1. The third-order valence-electron chi connectivity index (χ3n) is 3.50. The normalized spacial score (nSPS) is 18.4. The van der Waals surface area contributed by atoms with Gasteiger partial charge in [0.05, 0.1) is 6.04 Å². The summed E-state index contributed by atoms with van der Waals surface area (Å²) in [5, 5.41) is 5.31. The van der Waals surface area contributed by atoms with Crippen molar-refractivity contribution in [3.63, 3.8) is 0 Å². The smallest absolute Gasteiger partial charge is 0.220 e. The highest BCUT2D eigenvalue weighted by Crippen LogP contribution is 2.33. The van der Waals surface area contributed by atoms with Crippen LogP contribution in [0.3, 0.4) is 0 Å². The first kappa shape index (κ1) is 13.6. The van der Waals surface area contributed by atoms with Gasteiger partial charge in [-0.3, -0.25) is 4.79 Å². The topological polar surface area (TPSA) is 55.1 Å². The lowest BCUT2D eigenvalue weighted by Gasteiger charge is -2.23. The van der Waals surface area contributed by atoms with Crippen molar-refractivity contribution in [3.8, 4) is 0 Å². The van der Waals surface area contributed by atoms with Crippen LogP contribution < -0.4 is 11.1 Å². The van der Waals surface area contributed by atoms with E-state index in [9.17, 15) is 4.79 Å². The zero-order valence-corrected chi connectivity index (χ0v) is 11.6. The van der Waals surface area contributed by atoms with E-state index in [2.05, 4.69) is 16.8 Å². The van der Waals surface area contributed by atoms with Gasteiger partial charge in [0.15, 0.2) is 0 Å². The summed E-state index contributed by atoms with van der Waals surface area (Å²) >= 11 is 1.82. The SMILES string of the molecule is NCCCCCC(=O)NC1CCCc2sccc21. The fraction of sp³-hybridized carbons (Fsp3) is 0.643. The first-order valence-corrected chi connectivity index (χ1v) is 7.75. The molecule has 1 atom stereocenters. The molecule has 4 heteroatoms. The predicted molar refractivity (Wildman–Crippen MR) is 75.7 cm³/mol. The number of rotatable bonds is 6. The van der Waals surface area contributed by atoms with Gasteiger partial charge in [-0.2, -0.15) is 0 Å². The quantitative estimate of drug-likeness (QED) is 0.778. The Morgan fingerprint density at radius 3 is 3.17 bits per heavy atom. The number of carbonyl (C=O) groups excluding carboxylic acids is 1. The molecule has 100 valence electrons. The van der Waals surface area contributed by atoms with Crippen molar-refractivity contribution in [2.24, 2.45) is 5.73 Å². The van der Waals surface area contributed by atoms with Crippen molar-refractivity contribution in [2.75, 3.05) is 6.54 Å². The number of carbonyl (C=O) groups is 1. The minimum absolute atomic E-state index is 0.191. The van der Waals surface area contributed by atoms with E-state index in [1.165, 1.54) is 23.3 Å². The number of thiophene rings is 1. The molecule has 18 heavy (non-hydrogen) atoms. The molecule has 0 bridgehead atoms. The Balaban J connectivity index is 1.78. The first-order chi connectivity index (χ1) is 8.81. The van der Waals surface area contributed by atoms with Gasteiger partial charge in [0.1, 0.15) is 0 Å². The van der Waals surface area contributed by atoms with Crippen LogP contribution in [0.4, 0.5) is 0 Å². The Morgan fingerprint density at radius 2 is 2.33 bits per heavy atom. The van der Waals surface area contributed by atoms with Crippen LogP contribution in [-0.2, 0) is 11.2 Å². The second kappa shape index (κ2) is 6.90. The number of nitrogens with one attached hydrogen (secondary N) is 1. The highest BCUT2D eigenvalue weighted by molar-refractivity contribution is 7.10. The van der Waals surface area contributed by atoms with Gasteiger partial charge in [0, 0.05) is 11.3 Å². The molecule has 3 nitrogen and oxygen atoms in total. The van der Waals surface area contributed by atoms with Gasteiger partial charge in [0.2, 0.25) is 5.91 Å². The summed E-state index contributed by atoms with van der Waals surface area (Å²) in [6.45, 7) is 0.725. The molecule has 3 N–H and O–H groups in total. The molecule has 0 aliphatic heterocycles. The van der Waals surface area contributed by atoms with Crippen LogP contribution in [0.25, 0.3) is 0 Å². The summed E-state index contributed by atoms with van der Waals surface area (Å²) in [4.78, 5) is 13.3. The minimum Gasteiger partial charge on any atom is -0.349 e. The lowest BCUT2D eigenvalue weighted by atomic mass is 9.94. The highest BCUT2D eigenvalue weighted by Gasteiger charge is 2.22. The van der Waals surface area contributed by atoms with Crippen LogP contribution in [0.5, 0.6) is 0 Å². The van der Waals surface area contributed by atoms with Crippen LogP contribution in [0.2, 0.25) is 0 Å². The first-order valence-electron chi connectivity index (χ1n) is 6.87. The molecule has 1 aliphatic carbocycles. The van der Waals surface area contributed by atoms with E-state index in [1.54, 1.807) is 0 Å². The number of unbranched alkanes of at least 4 members (excludes halogenated alkanes) is 2. The standard InChI is InChI=1S/C14H22N2OS/c15-9-3-1-2-7-14(17)16-12-5-4-6-13-11(12)8-10-18-13/h8,10,12H,1-7,9,15H2,(H,16,17). The fourth-order valence-corrected chi connectivity index (χ4v) is 3.50. The Kier molecular flexibility index (Phi) is 5.20. The maximum Gasteiger partial charge on any atom is 0.220 e. The Morgan fingerprint density at radius 1 is 1.44 bits per heavy atom. The van der Waals surface area contributed by atoms with Gasteiger partial charge in [0.25, 0.3) is 0 Å². The molecule has 0 spiro atoms. The molecule has 1 aliphatic rings. The number of nitrogens with two attached hydrogens (primary N) is 1. The zero-order valence-electron chi connectivity index (χ0n) is 10.8. The molecule has 0 saturated carbocycles. The van der Waals surface area contributed by atoms with E-state index >= 15 is 0 Å². The lowest BCUT2D eigenvalue weighted by Crippen LogP contribution is -2.30. The average Bonchev–Trinajstić information content (AvgIpc) is 2.84. The van der Waals surface area contributed by atoms with Crippen LogP contribution in [0.15, 0.2) is 11.4 Å². The van der Waals surface area contributed by atoms with E-state index in [0.717, 1.165) is 32.2 Å². The molecule has 0 saturated heterocycles. The largest absolute Gasteiger partial charge is 0.349 e. The van der Waals surface area contributed by atoms with Crippen LogP contribution in [-0.4, -0.2) is 12.5 Å². The molecule has 0 fully saturated rings. The van der Waals surface area contributed by atoms with Gasteiger partial charge in [-0.25, -0.2) is 0 Å². The van der Waals surface area contributed by atoms with E-state index in [-0.39, 0.29) is 11.9 Å². The number of aryl methyl sites for hydroxylation is 1. The van der Waals surface area contributed by atoms with Crippen LogP contribution in [0, 0.1) is 0 Å². The molecule has 1 unspecified atom stereocenters. The Hall–Kier alpha value is -0.870. The highest BCUT2D eigenvalue weighted by atomic mass is 32.1. The molecule has 1 amide bonds. The van der Waals surface area contributed by atoms with Crippen LogP contribution in [0.1, 0.15) is 55.0 Å². The second-order valence-electron chi connectivity index (χ2n) is 4.91. The average molecular weight is 266 g/mol. The minimum atomic E-state index is 0.191. The van der Waals surface area contributed by atoms with E-state index in [4.69, 9.17) is 5.73 Å². The van der Waals surface area contributed by atoms with E-state index < -0.39 is 0 Å².